The Balaban J connectivity index is -0.000000148. The Labute approximate surface area is 194 Å². The lowest BCUT2D eigenvalue weighted by Gasteiger charge is -1.70. The zero-order chi connectivity index (χ0) is 25.0. The van der Waals surface area contributed by atoms with Gasteiger partial charge in [0.15, 0.2) is 0 Å². The summed E-state index contributed by atoms with van der Waals surface area (Å²) >= 11 is 0. The number of pyridine rings is 1. The van der Waals surface area contributed by atoms with Gasteiger partial charge in [0, 0.05) is 49.6 Å². The van der Waals surface area contributed by atoms with Crippen molar-refractivity contribution in [3.63, 3.8) is 0 Å². The Bertz CT molecular complexity index is 440. The minimum atomic E-state index is 1.44. The topological polar surface area (TPSA) is 103 Å². The van der Waals surface area contributed by atoms with Gasteiger partial charge in [0.05, 0.1) is 0 Å². The molecule has 0 aliphatic heterocycles. The third-order valence-corrected chi connectivity index (χ3v) is 1.92. The molecule has 8 heteroatoms. The molecule has 0 spiro atoms. The average Bonchev–Trinajstić information content (AvgIpc) is 2.98. The first kappa shape index (κ1) is 35.7. The maximum absolute atomic E-state index is 3.78. The van der Waals surface area contributed by atoms with Crippen molar-refractivity contribution in [1.29, 1.82) is 0 Å². The first-order valence-corrected chi connectivity index (χ1v) is 10.8. The maximum Gasteiger partial charge on any atom is 0.119 e. The zero-order valence-electron chi connectivity index (χ0n) is 20.8. The van der Waals surface area contributed by atoms with Crippen molar-refractivity contribution in [1.82, 2.24) is 39.9 Å². The first-order valence-electron chi connectivity index (χ1n) is 10.8. The zero-order valence-corrected chi connectivity index (χ0v) is 20.8. The second kappa shape index (κ2) is 45.8. The average molecular weight is 441 g/mol. The van der Waals surface area contributed by atoms with Gasteiger partial charge in [-0.25, -0.2) is 24.9 Å². The summed E-state index contributed by atoms with van der Waals surface area (Å²) in [7, 11) is 0. The van der Waals surface area contributed by atoms with Crippen molar-refractivity contribution in [2.45, 2.75) is 55.4 Å². The Morgan fingerprint density at radius 1 is 0.250 bits per heavy atom. The molecule has 0 saturated carbocycles. The number of aromatic nitrogens is 8. The summed E-state index contributed by atoms with van der Waals surface area (Å²) in [6.07, 6.45) is 19.2. The van der Waals surface area contributed by atoms with Gasteiger partial charge in [-0.2, -0.15) is 0 Å². The molecule has 0 saturated heterocycles. The van der Waals surface area contributed by atoms with Crippen LogP contribution < -0.4 is 0 Å². The second-order valence-electron chi connectivity index (χ2n) is 3.62. The molecule has 0 atom stereocenters. The fourth-order valence-electron chi connectivity index (χ4n) is 1.02. The summed E-state index contributed by atoms with van der Waals surface area (Å²) in [6.45, 7) is 16.0. The Morgan fingerprint density at radius 2 is 0.531 bits per heavy atom. The van der Waals surface area contributed by atoms with E-state index in [0.29, 0.717) is 0 Å². The molecule has 0 amide bonds. The van der Waals surface area contributed by atoms with Crippen LogP contribution >= 0.6 is 0 Å². The van der Waals surface area contributed by atoms with Crippen molar-refractivity contribution in [2.75, 3.05) is 0 Å². The highest BCUT2D eigenvalue weighted by atomic mass is 14.9. The second-order valence-corrected chi connectivity index (χ2v) is 3.62. The van der Waals surface area contributed by atoms with Crippen molar-refractivity contribution in [2.24, 2.45) is 0 Å². The smallest absolute Gasteiger partial charge is 0.119 e. The highest BCUT2D eigenvalue weighted by molar-refractivity contribution is 4.88. The van der Waals surface area contributed by atoms with Crippen LogP contribution in [0.4, 0.5) is 0 Å². The molecule has 0 radical (unpaired) electrons. The van der Waals surface area contributed by atoms with Gasteiger partial charge in [-0.1, -0.05) is 61.5 Å². The van der Waals surface area contributed by atoms with E-state index in [2.05, 4.69) is 39.9 Å². The molecule has 0 unspecified atom stereocenters. The van der Waals surface area contributed by atoms with Gasteiger partial charge >= 0.3 is 0 Å². The lowest BCUT2D eigenvalue weighted by Crippen LogP contribution is -1.73. The van der Waals surface area contributed by atoms with E-state index >= 15 is 0 Å². The lowest BCUT2D eigenvalue weighted by molar-refractivity contribution is 1.05. The third kappa shape index (κ3) is 40.9. The van der Waals surface area contributed by atoms with Gasteiger partial charge in [0.2, 0.25) is 0 Å². The van der Waals surface area contributed by atoms with Crippen LogP contribution in [-0.2, 0) is 0 Å². The monoisotopic (exact) mass is 440 g/mol. The standard InChI is InChI=1S/C5H5N.2C4H4N2.C3H3N3.4C2H6/c1-2-4-6-5-3-1;1-2-6-4-3-5-1;1-2-5-4-6-3-1;1-4-2-6-3-5-1;4*1-2/h1-5H;2*1-4H;1-3H;4*1-2H3. The molecule has 4 heterocycles. The van der Waals surface area contributed by atoms with Crippen LogP contribution in [0.5, 0.6) is 0 Å². The first-order chi connectivity index (χ1) is 16.0. The van der Waals surface area contributed by atoms with E-state index in [1.807, 2.05) is 73.6 Å². The van der Waals surface area contributed by atoms with E-state index in [1.165, 1.54) is 25.3 Å². The van der Waals surface area contributed by atoms with Crippen LogP contribution in [0.15, 0.2) is 99.1 Å². The molecule has 4 aromatic rings. The van der Waals surface area contributed by atoms with E-state index in [1.54, 1.807) is 55.6 Å². The molecular weight excluding hydrogens is 400 g/mol. The molecule has 4 aromatic heterocycles. The van der Waals surface area contributed by atoms with Crippen LogP contribution in [-0.4, -0.2) is 39.9 Å². The molecule has 0 aliphatic rings. The lowest BCUT2D eigenvalue weighted by atomic mass is 10.5. The Kier molecular flexibility index (Phi) is 51.2. The molecule has 0 bridgehead atoms. The molecular formula is C24H40N8. The van der Waals surface area contributed by atoms with Crippen LogP contribution in [0.25, 0.3) is 0 Å². The van der Waals surface area contributed by atoms with Crippen LogP contribution in [0.2, 0.25) is 0 Å². The number of rotatable bonds is 0. The van der Waals surface area contributed by atoms with Crippen molar-refractivity contribution in [3.8, 4) is 0 Å². The molecule has 176 valence electrons. The summed E-state index contributed by atoms with van der Waals surface area (Å²) in [5, 5.41) is 0. The molecule has 8 nitrogen and oxygen atoms in total. The van der Waals surface area contributed by atoms with E-state index < -0.39 is 0 Å². The van der Waals surface area contributed by atoms with Crippen molar-refractivity contribution >= 4 is 0 Å². The normalized spacial score (nSPS) is 6.75. The maximum atomic E-state index is 3.78. The highest BCUT2D eigenvalue weighted by Crippen LogP contribution is 1.73. The van der Waals surface area contributed by atoms with E-state index in [9.17, 15) is 0 Å². The predicted molar refractivity (Wildman–Crippen MR) is 134 cm³/mol. The molecule has 0 aromatic carbocycles. The van der Waals surface area contributed by atoms with Gasteiger partial charge in [-0.05, 0) is 18.2 Å². The SMILES string of the molecule is CC.CC.CC.CC.c1ccncc1.c1cnccn1.c1cncnc1.c1ncncn1. The minimum absolute atomic E-state index is 1.44. The predicted octanol–water partition coefficient (Wildman–Crippen LogP) is 6.01. The highest BCUT2D eigenvalue weighted by Gasteiger charge is 1.61. The van der Waals surface area contributed by atoms with Gasteiger partial charge < -0.3 is 0 Å². The fourth-order valence-corrected chi connectivity index (χ4v) is 1.02. The largest absolute Gasteiger partial charge is 0.265 e. The quantitative estimate of drug-likeness (QED) is 0.327. The van der Waals surface area contributed by atoms with Crippen LogP contribution in [0.1, 0.15) is 55.4 Å². The van der Waals surface area contributed by atoms with Gasteiger partial charge in [0.25, 0.3) is 0 Å². The Morgan fingerprint density at radius 3 is 0.656 bits per heavy atom. The van der Waals surface area contributed by atoms with Gasteiger partial charge in [-0.15, -0.1) is 0 Å². The van der Waals surface area contributed by atoms with E-state index in [-0.39, 0.29) is 0 Å². The molecule has 32 heavy (non-hydrogen) atoms. The number of nitrogens with zero attached hydrogens (tertiary/aromatic N) is 8. The molecule has 0 aliphatic carbocycles. The summed E-state index contributed by atoms with van der Waals surface area (Å²) in [6, 6.07) is 7.49. The summed E-state index contributed by atoms with van der Waals surface area (Å²) in [5.41, 5.74) is 0. The molecule has 4 rings (SSSR count). The number of hydrogen-bond donors (Lipinski definition) is 0. The summed E-state index contributed by atoms with van der Waals surface area (Å²) < 4.78 is 0. The summed E-state index contributed by atoms with van der Waals surface area (Å²) in [5.74, 6) is 0. The summed E-state index contributed by atoms with van der Waals surface area (Å²) in [4.78, 5) is 29.3. The number of hydrogen-bond acceptors (Lipinski definition) is 8. The third-order valence-electron chi connectivity index (χ3n) is 1.92. The van der Waals surface area contributed by atoms with Gasteiger partial charge in [-0.3, -0.25) is 15.0 Å². The minimum Gasteiger partial charge on any atom is -0.265 e. The van der Waals surface area contributed by atoms with Crippen molar-refractivity contribution in [3.05, 3.63) is 99.1 Å². The fraction of sp³-hybridized carbons (Fsp3) is 0.333. The van der Waals surface area contributed by atoms with Gasteiger partial charge in [0.1, 0.15) is 25.3 Å². The molecule has 0 fully saturated rings. The van der Waals surface area contributed by atoms with E-state index in [0.717, 1.165) is 0 Å². The molecule has 0 N–H and O–H groups in total. The van der Waals surface area contributed by atoms with Crippen LogP contribution in [0, 0.1) is 0 Å². The van der Waals surface area contributed by atoms with Crippen molar-refractivity contribution < 1.29 is 0 Å². The van der Waals surface area contributed by atoms with E-state index in [4.69, 9.17) is 0 Å². The Hall–Kier alpha value is -3.68. The van der Waals surface area contributed by atoms with Crippen LogP contribution in [0.3, 0.4) is 0 Å².